The van der Waals surface area contributed by atoms with Gasteiger partial charge in [0.1, 0.15) is 0 Å². The monoisotopic (exact) mass is 332 g/mol. The topological polar surface area (TPSA) is 89.3 Å². The van der Waals surface area contributed by atoms with Crippen molar-refractivity contribution < 1.29 is 9.32 Å². The minimum atomic E-state index is -0.926. The maximum absolute atomic E-state index is 11.6. The van der Waals surface area contributed by atoms with Gasteiger partial charge in [0.05, 0.1) is 6.10 Å². The first kappa shape index (κ1) is 14.0. The molecule has 0 spiro atoms. The average molecular weight is 333 g/mol. The predicted molar refractivity (Wildman–Crippen MR) is 77.6 cm³/mol. The van der Waals surface area contributed by atoms with Crippen LogP contribution in [-0.2, 0) is 17.2 Å². The van der Waals surface area contributed by atoms with E-state index in [1.54, 1.807) is 0 Å². The van der Waals surface area contributed by atoms with E-state index >= 15 is 0 Å². The molecule has 5 N–H and O–H groups in total. The maximum Gasteiger partial charge on any atom is 0.0740 e. The summed E-state index contributed by atoms with van der Waals surface area (Å²) in [6.07, 6.45) is 0.0819. The summed E-state index contributed by atoms with van der Waals surface area (Å²) in [7, 11) is -0.926. The quantitative estimate of drug-likeness (QED) is 0.693. The molecule has 1 saturated heterocycles. The number of nitrogens with two attached hydrogens (primary N) is 2. The summed E-state index contributed by atoms with van der Waals surface area (Å²) >= 11 is 3.38. The molecule has 4 atom stereocenters. The van der Waals surface area contributed by atoms with Gasteiger partial charge in [-0.25, -0.2) is 0 Å². The van der Waals surface area contributed by atoms with Crippen LogP contribution in [0.4, 0.5) is 5.69 Å². The third-order valence-electron chi connectivity index (χ3n) is 3.26. The third-order valence-corrected chi connectivity index (χ3v) is 5.51. The number of rotatable bonds is 2. The Morgan fingerprint density at radius 1 is 1.44 bits per heavy atom. The fourth-order valence-corrected chi connectivity index (χ4v) is 4.23. The lowest BCUT2D eigenvalue weighted by Gasteiger charge is -2.32. The minimum absolute atomic E-state index is 0.0508. The van der Waals surface area contributed by atoms with E-state index in [4.69, 9.17) is 11.5 Å². The molecule has 0 radical (unpaired) electrons. The molecule has 1 unspecified atom stereocenters. The summed E-state index contributed by atoms with van der Waals surface area (Å²) in [6, 6.07) is 5.30. The molecular formula is C12H17BrN2O2S. The highest BCUT2D eigenvalue weighted by Crippen LogP contribution is 2.25. The van der Waals surface area contributed by atoms with Gasteiger partial charge in [0.25, 0.3) is 0 Å². The first-order valence-corrected chi connectivity index (χ1v) is 8.08. The van der Waals surface area contributed by atoms with Gasteiger partial charge in [-0.3, -0.25) is 4.21 Å². The highest BCUT2D eigenvalue weighted by atomic mass is 79.9. The van der Waals surface area contributed by atoms with Gasteiger partial charge in [0.2, 0.25) is 0 Å². The van der Waals surface area contributed by atoms with Crippen LogP contribution in [0.2, 0.25) is 0 Å². The number of aliphatic hydroxyl groups is 1. The number of hydrogen-bond acceptors (Lipinski definition) is 4. The van der Waals surface area contributed by atoms with E-state index in [1.807, 2.05) is 18.2 Å². The maximum atomic E-state index is 11.6. The lowest BCUT2D eigenvalue weighted by molar-refractivity contribution is 0.0937. The fourth-order valence-electron chi connectivity index (χ4n) is 2.25. The molecule has 18 heavy (non-hydrogen) atoms. The molecule has 1 fully saturated rings. The largest absolute Gasteiger partial charge is 0.398 e. The van der Waals surface area contributed by atoms with Gasteiger partial charge in [-0.2, -0.15) is 0 Å². The number of benzene rings is 1. The van der Waals surface area contributed by atoms with Crippen molar-refractivity contribution >= 4 is 32.4 Å². The van der Waals surface area contributed by atoms with Gasteiger partial charge in [0.15, 0.2) is 0 Å². The minimum Gasteiger partial charge on any atom is -0.398 e. The first-order valence-electron chi connectivity index (χ1n) is 5.80. The van der Waals surface area contributed by atoms with E-state index in [1.165, 1.54) is 0 Å². The number of aliphatic hydroxyl groups excluding tert-OH is 1. The Bertz CT molecular complexity index is 469. The van der Waals surface area contributed by atoms with Crippen molar-refractivity contribution in [2.24, 2.45) is 11.7 Å². The normalized spacial score (nSPS) is 32.4. The summed E-state index contributed by atoms with van der Waals surface area (Å²) in [6.45, 7) is 0. The van der Waals surface area contributed by atoms with Gasteiger partial charge in [-0.05, 0) is 40.0 Å². The number of halogens is 1. The SMILES string of the molecule is Nc1ccc(C[C@@H]2CS(=O)C[C@H](N)[C@H]2O)cc1Br. The lowest BCUT2D eigenvalue weighted by atomic mass is 9.91. The standard InChI is InChI=1S/C12H17BrN2O2S/c13-9-4-7(1-2-10(9)14)3-8-5-18(17)6-11(15)12(8)16/h1-2,4,8,11-12,16H,3,5-6,14-15H2/t8-,11+,12+,18?/m1/s1. The van der Waals surface area contributed by atoms with E-state index in [-0.39, 0.29) is 12.0 Å². The Labute approximate surface area is 117 Å². The van der Waals surface area contributed by atoms with E-state index in [0.717, 1.165) is 10.0 Å². The molecule has 1 aromatic carbocycles. The van der Waals surface area contributed by atoms with Crippen LogP contribution in [0.1, 0.15) is 5.56 Å². The summed E-state index contributed by atoms with van der Waals surface area (Å²) in [4.78, 5) is 0. The molecule has 1 heterocycles. The fraction of sp³-hybridized carbons (Fsp3) is 0.500. The Morgan fingerprint density at radius 2 is 2.17 bits per heavy atom. The zero-order valence-corrected chi connectivity index (χ0v) is 12.3. The Balaban J connectivity index is 2.12. The molecule has 0 saturated carbocycles. The molecule has 0 aromatic heterocycles. The van der Waals surface area contributed by atoms with Crippen molar-refractivity contribution in [3.63, 3.8) is 0 Å². The van der Waals surface area contributed by atoms with Crippen LogP contribution < -0.4 is 11.5 Å². The number of anilines is 1. The van der Waals surface area contributed by atoms with Gasteiger partial charge in [-0.15, -0.1) is 0 Å². The van der Waals surface area contributed by atoms with Crippen LogP contribution in [0.5, 0.6) is 0 Å². The Morgan fingerprint density at radius 3 is 2.83 bits per heavy atom. The average Bonchev–Trinajstić information content (AvgIpc) is 2.30. The third kappa shape index (κ3) is 3.12. The van der Waals surface area contributed by atoms with Crippen molar-refractivity contribution in [1.82, 2.24) is 0 Å². The van der Waals surface area contributed by atoms with Crippen LogP contribution >= 0.6 is 15.9 Å². The second kappa shape index (κ2) is 5.69. The second-order valence-electron chi connectivity index (χ2n) is 4.75. The summed E-state index contributed by atoms with van der Waals surface area (Å²) in [5.74, 6) is 0.852. The lowest BCUT2D eigenvalue weighted by Crippen LogP contribution is -2.50. The molecular weight excluding hydrogens is 316 g/mol. The molecule has 1 aliphatic heterocycles. The van der Waals surface area contributed by atoms with Crippen molar-refractivity contribution in [3.05, 3.63) is 28.2 Å². The van der Waals surface area contributed by atoms with Gasteiger partial charge in [0, 0.05) is 44.4 Å². The van der Waals surface area contributed by atoms with E-state index < -0.39 is 16.9 Å². The van der Waals surface area contributed by atoms with Crippen molar-refractivity contribution in [3.8, 4) is 0 Å². The molecule has 6 heteroatoms. The second-order valence-corrected chi connectivity index (χ2v) is 7.15. The van der Waals surface area contributed by atoms with Crippen molar-refractivity contribution in [2.75, 3.05) is 17.2 Å². The summed E-state index contributed by atoms with van der Waals surface area (Å²) in [5.41, 5.74) is 13.3. The Hall–Kier alpha value is -0.430. The smallest absolute Gasteiger partial charge is 0.0740 e. The summed E-state index contributed by atoms with van der Waals surface area (Å²) in [5, 5.41) is 10.0. The highest BCUT2D eigenvalue weighted by molar-refractivity contribution is 9.10. The van der Waals surface area contributed by atoms with Gasteiger partial charge >= 0.3 is 0 Å². The molecule has 0 amide bonds. The van der Waals surface area contributed by atoms with Crippen LogP contribution in [0.25, 0.3) is 0 Å². The van der Waals surface area contributed by atoms with Crippen molar-refractivity contribution in [2.45, 2.75) is 18.6 Å². The molecule has 4 nitrogen and oxygen atoms in total. The zero-order chi connectivity index (χ0) is 13.3. The van der Waals surface area contributed by atoms with Crippen LogP contribution in [-0.4, -0.2) is 33.0 Å². The van der Waals surface area contributed by atoms with E-state index in [9.17, 15) is 9.32 Å². The van der Waals surface area contributed by atoms with E-state index in [2.05, 4.69) is 15.9 Å². The molecule has 2 rings (SSSR count). The van der Waals surface area contributed by atoms with Crippen LogP contribution in [0.3, 0.4) is 0 Å². The number of hydrogen-bond donors (Lipinski definition) is 3. The summed E-state index contributed by atoms with van der Waals surface area (Å²) < 4.78 is 12.5. The van der Waals surface area contributed by atoms with Gasteiger partial charge < -0.3 is 16.6 Å². The van der Waals surface area contributed by atoms with Crippen LogP contribution in [0.15, 0.2) is 22.7 Å². The predicted octanol–water partition coefficient (Wildman–Crippen LogP) is 0.641. The zero-order valence-electron chi connectivity index (χ0n) is 9.88. The molecule has 0 bridgehead atoms. The molecule has 1 aromatic rings. The first-order chi connectivity index (χ1) is 8.47. The molecule has 100 valence electrons. The van der Waals surface area contributed by atoms with E-state index in [0.29, 0.717) is 23.6 Å². The Kier molecular flexibility index (Phi) is 4.42. The van der Waals surface area contributed by atoms with Gasteiger partial charge in [-0.1, -0.05) is 6.07 Å². The molecule has 1 aliphatic rings. The van der Waals surface area contributed by atoms with Crippen LogP contribution in [0, 0.1) is 5.92 Å². The molecule has 0 aliphatic carbocycles. The number of nitrogen functional groups attached to an aromatic ring is 1. The van der Waals surface area contributed by atoms with Crippen molar-refractivity contribution in [1.29, 1.82) is 0 Å². The highest BCUT2D eigenvalue weighted by Gasteiger charge is 2.33.